The Morgan fingerprint density at radius 1 is 0.914 bits per heavy atom. The van der Waals surface area contributed by atoms with Crippen molar-refractivity contribution in [1.82, 2.24) is 29.9 Å². The van der Waals surface area contributed by atoms with Crippen molar-refractivity contribution in [3.05, 3.63) is 127 Å². The first-order valence-electron chi connectivity index (χ1n) is 11.3. The average molecular weight is 461 g/mol. The predicted molar refractivity (Wildman–Crippen MR) is 135 cm³/mol. The second-order valence-electron chi connectivity index (χ2n) is 8.00. The van der Waals surface area contributed by atoms with Gasteiger partial charge in [-0.2, -0.15) is 10.2 Å². The fourth-order valence-corrected chi connectivity index (χ4v) is 3.86. The van der Waals surface area contributed by atoms with E-state index in [1.54, 1.807) is 17.1 Å². The fraction of sp³-hybridized carbons (Fsp3) is 0.0714. The Morgan fingerprint density at radius 2 is 1.60 bits per heavy atom. The molecule has 7 nitrogen and oxygen atoms in total. The zero-order valence-corrected chi connectivity index (χ0v) is 19.0. The zero-order valence-electron chi connectivity index (χ0n) is 19.0. The summed E-state index contributed by atoms with van der Waals surface area (Å²) in [5.41, 5.74) is 4.58. The fourth-order valence-electron chi connectivity index (χ4n) is 3.86. The average Bonchev–Trinajstić information content (AvgIpc) is 3.59. The van der Waals surface area contributed by atoms with E-state index in [9.17, 15) is 4.79 Å². The molecule has 0 radical (unpaired) electrons. The van der Waals surface area contributed by atoms with Gasteiger partial charge in [0.1, 0.15) is 12.7 Å². The molecule has 5 aromatic rings. The molecule has 0 fully saturated rings. The molecule has 2 heterocycles. The number of nitrogens with one attached hydrogen (secondary N) is 1. The molecule has 172 valence electrons. The SMILES string of the molecule is O=C(/C=C/c1cn(-c2ccccc2)nc1-c1ccccc1)NC(Cn1cncn1)c1ccccc1. The van der Waals surface area contributed by atoms with Gasteiger partial charge in [-0.05, 0) is 23.8 Å². The first kappa shape index (κ1) is 22.0. The summed E-state index contributed by atoms with van der Waals surface area (Å²) in [6.07, 6.45) is 8.42. The van der Waals surface area contributed by atoms with Crippen molar-refractivity contribution in [2.24, 2.45) is 0 Å². The maximum Gasteiger partial charge on any atom is 0.244 e. The largest absolute Gasteiger partial charge is 0.344 e. The van der Waals surface area contributed by atoms with Crippen molar-refractivity contribution < 1.29 is 4.79 Å². The Balaban J connectivity index is 1.41. The molecule has 3 aromatic carbocycles. The number of amides is 1. The van der Waals surface area contributed by atoms with Gasteiger partial charge in [0.2, 0.25) is 5.91 Å². The third kappa shape index (κ3) is 5.42. The number of carbonyl (C=O) groups is 1. The van der Waals surface area contributed by atoms with Crippen LogP contribution in [-0.2, 0) is 11.3 Å². The van der Waals surface area contributed by atoms with Gasteiger partial charge in [-0.1, -0.05) is 78.9 Å². The minimum absolute atomic E-state index is 0.203. The Hall–Kier alpha value is -4.78. The van der Waals surface area contributed by atoms with Crippen LogP contribution < -0.4 is 5.32 Å². The van der Waals surface area contributed by atoms with Crippen molar-refractivity contribution >= 4 is 12.0 Å². The van der Waals surface area contributed by atoms with Crippen LogP contribution in [0, 0.1) is 0 Å². The monoisotopic (exact) mass is 460 g/mol. The molecule has 0 spiro atoms. The van der Waals surface area contributed by atoms with Gasteiger partial charge in [-0.15, -0.1) is 0 Å². The summed E-state index contributed by atoms with van der Waals surface area (Å²) < 4.78 is 3.54. The van der Waals surface area contributed by atoms with Crippen molar-refractivity contribution in [1.29, 1.82) is 0 Å². The van der Waals surface area contributed by atoms with E-state index in [0.29, 0.717) is 6.54 Å². The number of nitrogens with zero attached hydrogens (tertiary/aromatic N) is 5. The van der Waals surface area contributed by atoms with Gasteiger partial charge in [0, 0.05) is 23.4 Å². The van der Waals surface area contributed by atoms with Crippen molar-refractivity contribution in [2.75, 3.05) is 0 Å². The summed E-state index contributed by atoms with van der Waals surface area (Å²) in [6.45, 7) is 0.477. The molecule has 0 aliphatic carbocycles. The molecule has 0 aliphatic rings. The van der Waals surface area contributed by atoms with E-state index in [-0.39, 0.29) is 11.9 Å². The lowest BCUT2D eigenvalue weighted by Crippen LogP contribution is -2.30. The quantitative estimate of drug-likeness (QED) is 0.341. The molecule has 1 N–H and O–H groups in total. The number of para-hydroxylation sites is 1. The highest BCUT2D eigenvalue weighted by Gasteiger charge is 2.15. The Bertz CT molecular complexity index is 1390. The van der Waals surface area contributed by atoms with E-state index in [1.807, 2.05) is 108 Å². The van der Waals surface area contributed by atoms with Crippen molar-refractivity contribution in [3.8, 4) is 16.9 Å². The van der Waals surface area contributed by atoms with Crippen LogP contribution in [0.4, 0.5) is 0 Å². The number of hydrogen-bond acceptors (Lipinski definition) is 4. The van der Waals surface area contributed by atoms with E-state index < -0.39 is 0 Å². The minimum Gasteiger partial charge on any atom is -0.344 e. The standard InChI is InChI=1S/C28H24N6O/c35-27(31-26(19-33-21-29-20-30-33)22-10-4-1-5-11-22)17-16-24-18-34(25-14-8-3-9-15-25)32-28(24)23-12-6-2-7-13-23/h1-18,20-21,26H,19H2,(H,31,35)/b17-16+. The second-order valence-corrected chi connectivity index (χ2v) is 8.00. The Labute approximate surface area is 203 Å². The number of hydrogen-bond donors (Lipinski definition) is 1. The molecule has 5 rings (SSSR count). The van der Waals surface area contributed by atoms with Gasteiger partial charge in [0.15, 0.2) is 0 Å². The number of benzene rings is 3. The van der Waals surface area contributed by atoms with Gasteiger partial charge in [0.05, 0.1) is 24.0 Å². The van der Waals surface area contributed by atoms with Crippen LogP contribution in [0.5, 0.6) is 0 Å². The van der Waals surface area contributed by atoms with E-state index >= 15 is 0 Å². The number of aromatic nitrogens is 5. The highest BCUT2D eigenvalue weighted by Crippen LogP contribution is 2.25. The van der Waals surface area contributed by atoms with E-state index in [4.69, 9.17) is 5.10 Å². The second kappa shape index (κ2) is 10.4. The van der Waals surface area contributed by atoms with Crippen LogP contribution >= 0.6 is 0 Å². The normalized spacial score (nSPS) is 12.0. The molecule has 0 saturated heterocycles. The number of rotatable bonds is 8. The maximum atomic E-state index is 13.0. The van der Waals surface area contributed by atoms with Crippen molar-refractivity contribution in [2.45, 2.75) is 12.6 Å². The molecular weight excluding hydrogens is 436 g/mol. The molecule has 0 aliphatic heterocycles. The van der Waals surface area contributed by atoms with Crippen LogP contribution in [0.25, 0.3) is 23.0 Å². The molecule has 7 heteroatoms. The summed E-state index contributed by atoms with van der Waals surface area (Å²) in [4.78, 5) is 17.0. The predicted octanol–water partition coefficient (Wildman–Crippen LogP) is 4.70. The molecule has 1 atom stereocenters. The van der Waals surface area contributed by atoms with Crippen LogP contribution in [0.15, 0.2) is 116 Å². The lowest BCUT2D eigenvalue weighted by Gasteiger charge is -2.18. The van der Waals surface area contributed by atoms with Crippen LogP contribution in [0.2, 0.25) is 0 Å². The first-order chi connectivity index (χ1) is 17.3. The van der Waals surface area contributed by atoms with Gasteiger partial charge < -0.3 is 5.32 Å². The minimum atomic E-state index is -0.254. The third-order valence-corrected chi connectivity index (χ3v) is 5.58. The lowest BCUT2D eigenvalue weighted by molar-refractivity contribution is -0.117. The zero-order chi connectivity index (χ0) is 23.9. The molecule has 0 saturated carbocycles. The Kier molecular flexibility index (Phi) is 6.57. The number of carbonyl (C=O) groups excluding carboxylic acids is 1. The van der Waals surface area contributed by atoms with Crippen LogP contribution in [0.1, 0.15) is 17.2 Å². The van der Waals surface area contributed by atoms with E-state index in [1.165, 1.54) is 6.33 Å². The van der Waals surface area contributed by atoms with E-state index in [2.05, 4.69) is 15.4 Å². The van der Waals surface area contributed by atoms with Crippen molar-refractivity contribution in [3.63, 3.8) is 0 Å². The van der Waals surface area contributed by atoms with Crippen LogP contribution in [0.3, 0.4) is 0 Å². The molecule has 0 bridgehead atoms. The van der Waals surface area contributed by atoms with Gasteiger partial charge in [-0.3, -0.25) is 9.48 Å². The summed E-state index contributed by atoms with van der Waals surface area (Å²) in [7, 11) is 0. The third-order valence-electron chi connectivity index (χ3n) is 5.58. The smallest absolute Gasteiger partial charge is 0.244 e. The van der Waals surface area contributed by atoms with Gasteiger partial charge in [-0.25, -0.2) is 9.67 Å². The van der Waals surface area contributed by atoms with Gasteiger partial charge in [0.25, 0.3) is 0 Å². The summed E-state index contributed by atoms with van der Waals surface area (Å²) >= 11 is 0. The Morgan fingerprint density at radius 3 is 2.29 bits per heavy atom. The lowest BCUT2D eigenvalue weighted by atomic mass is 10.1. The summed E-state index contributed by atoms with van der Waals surface area (Å²) in [5, 5.41) is 12.1. The van der Waals surface area contributed by atoms with Crippen LogP contribution in [-0.4, -0.2) is 30.5 Å². The topological polar surface area (TPSA) is 77.6 Å². The molecule has 1 amide bonds. The molecule has 35 heavy (non-hydrogen) atoms. The van der Waals surface area contributed by atoms with E-state index in [0.717, 1.165) is 28.1 Å². The highest BCUT2D eigenvalue weighted by atomic mass is 16.1. The maximum absolute atomic E-state index is 13.0. The molecule has 1 unspecified atom stereocenters. The molecule has 2 aromatic heterocycles. The first-order valence-corrected chi connectivity index (χ1v) is 11.3. The molecular formula is C28H24N6O. The highest BCUT2D eigenvalue weighted by molar-refractivity contribution is 5.93. The summed E-state index contributed by atoms with van der Waals surface area (Å²) in [5.74, 6) is -0.203. The van der Waals surface area contributed by atoms with Gasteiger partial charge >= 0.3 is 0 Å². The summed E-state index contributed by atoms with van der Waals surface area (Å²) in [6, 6.07) is 29.4.